The highest BCUT2D eigenvalue weighted by Gasteiger charge is 2.46. The molecule has 0 aromatic carbocycles. The van der Waals surface area contributed by atoms with E-state index in [1.807, 2.05) is 0 Å². The minimum Gasteiger partial charge on any atom is -0.409 e. The zero-order valence-corrected chi connectivity index (χ0v) is 12.6. The van der Waals surface area contributed by atoms with Gasteiger partial charge in [0.15, 0.2) is 0 Å². The molecule has 0 bridgehead atoms. The van der Waals surface area contributed by atoms with Gasteiger partial charge in [-0.1, -0.05) is 11.6 Å². The van der Waals surface area contributed by atoms with E-state index in [0.717, 1.165) is 19.0 Å². The first-order valence-electron chi connectivity index (χ1n) is 8.06. The predicted molar refractivity (Wildman–Crippen MR) is 79.9 cm³/mol. The Morgan fingerprint density at radius 3 is 2.85 bits per heavy atom. The normalized spacial score (nSPS) is 34.8. The monoisotopic (exact) mass is 280 g/mol. The summed E-state index contributed by atoms with van der Waals surface area (Å²) in [6.45, 7) is 7.18. The molecule has 20 heavy (non-hydrogen) atoms. The third-order valence-electron chi connectivity index (χ3n) is 5.50. The number of piperidine rings is 1. The lowest BCUT2D eigenvalue weighted by Crippen LogP contribution is -2.59. The van der Waals surface area contributed by atoms with Crippen LogP contribution in [-0.2, 0) is 0 Å². The minimum absolute atomic E-state index is 0.293. The maximum atomic E-state index is 8.78. The van der Waals surface area contributed by atoms with Crippen molar-refractivity contribution in [3.8, 4) is 0 Å². The van der Waals surface area contributed by atoms with Crippen LogP contribution in [0.4, 0.5) is 0 Å². The second kappa shape index (κ2) is 5.53. The lowest BCUT2D eigenvalue weighted by Gasteiger charge is -2.48. The van der Waals surface area contributed by atoms with Gasteiger partial charge in [-0.15, -0.1) is 0 Å². The zero-order valence-electron chi connectivity index (χ0n) is 12.6. The predicted octanol–water partition coefficient (Wildman–Crippen LogP) is 1.46. The number of piperazine rings is 1. The van der Waals surface area contributed by atoms with E-state index in [4.69, 9.17) is 10.9 Å². The molecule has 0 aromatic heterocycles. The number of hydrogen-bond acceptors (Lipinski definition) is 4. The van der Waals surface area contributed by atoms with Crippen molar-refractivity contribution < 1.29 is 5.21 Å². The molecule has 2 aliphatic heterocycles. The molecule has 3 fully saturated rings. The van der Waals surface area contributed by atoms with E-state index in [2.05, 4.69) is 21.9 Å². The Morgan fingerprint density at radius 2 is 2.15 bits per heavy atom. The summed E-state index contributed by atoms with van der Waals surface area (Å²) in [6.07, 6.45) is 7.31. The highest BCUT2D eigenvalue weighted by atomic mass is 16.4. The lowest BCUT2D eigenvalue weighted by atomic mass is 9.94. The molecule has 114 valence electrons. The smallest absolute Gasteiger partial charge is 0.139 e. The van der Waals surface area contributed by atoms with Crippen molar-refractivity contribution in [2.75, 3.05) is 26.2 Å². The Kier molecular flexibility index (Phi) is 3.91. The zero-order chi connectivity index (χ0) is 14.2. The van der Waals surface area contributed by atoms with Crippen LogP contribution in [-0.4, -0.2) is 59.1 Å². The highest BCUT2D eigenvalue weighted by Crippen LogP contribution is 2.50. The van der Waals surface area contributed by atoms with Crippen LogP contribution >= 0.6 is 0 Å². The van der Waals surface area contributed by atoms with Crippen LogP contribution in [0.15, 0.2) is 5.16 Å². The summed E-state index contributed by atoms with van der Waals surface area (Å²) >= 11 is 0. The van der Waals surface area contributed by atoms with Crippen LogP contribution in [0.25, 0.3) is 0 Å². The molecule has 1 saturated carbocycles. The number of fused-ring (bicyclic) bond motifs is 1. The Hall–Kier alpha value is -0.810. The molecule has 0 radical (unpaired) electrons. The number of nitrogens with zero attached hydrogens (tertiary/aromatic N) is 3. The van der Waals surface area contributed by atoms with Gasteiger partial charge >= 0.3 is 0 Å². The largest absolute Gasteiger partial charge is 0.409 e. The van der Waals surface area contributed by atoms with Gasteiger partial charge in [-0.3, -0.25) is 9.80 Å². The van der Waals surface area contributed by atoms with Gasteiger partial charge in [0.2, 0.25) is 0 Å². The van der Waals surface area contributed by atoms with Crippen molar-refractivity contribution >= 4 is 5.84 Å². The van der Waals surface area contributed by atoms with Crippen LogP contribution in [0.5, 0.6) is 0 Å². The number of hydrogen-bond donors (Lipinski definition) is 2. The molecular formula is C15H28N4O. The molecule has 5 nitrogen and oxygen atoms in total. The summed E-state index contributed by atoms with van der Waals surface area (Å²) in [6, 6.07) is 1.40. The molecule has 3 N–H and O–H groups in total. The average molecular weight is 280 g/mol. The summed E-state index contributed by atoms with van der Waals surface area (Å²) < 4.78 is 0. The van der Waals surface area contributed by atoms with Gasteiger partial charge in [0.05, 0.1) is 0 Å². The van der Waals surface area contributed by atoms with Crippen molar-refractivity contribution in [2.45, 2.75) is 57.5 Å². The number of nitrogens with two attached hydrogens (primary N) is 1. The van der Waals surface area contributed by atoms with Crippen LogP contribution in [0.3, 0.4) is 0 Å². The van der Waals surface area contributed by atoms with E-state index in [1.165, 1.54) is 51.7 Å². The Bertz CT molecular complexity index is 380. The van der Waals surface area contributed by atoms with Crippen molar-refractivity contribution in [1.82, 2.24) is 9.80 Å². The standard InChI is InChI=1S/C15H28N4O/c1-12-9-18-7-3-2-4-13(18)10-19(12)11-15(5-6-15)8-14(16)17-20/h12-13,20H,2-11H2,1H3,(H2,16,17). The van der Waals surface area contributed by atoms with Crippen molar-refractivity contribution in [1.29, 1.82) is 0 Å². The van der Waals surface area contributed by atoms with Gasteiger partial charge in [-0.25, -0.2) is 0 Å². The van der Waals surface area contributed by atoms with Gasteiger partial charge < -0.3 is 10.9 Å². The number of amidine groups is 1. The first-order valence-corrected chi connectivity index (χ1v) is 8.06. The van der Waals surface area contributed by atoms with E-state index >= 15 is 0 Å². The lowest BCUT2D eigenvalue weighted by molar-refractivity contribution is 0.00576. The van der Waals surface area contributed by atoms with Gasteiger partial charge in [-0.05, 0) is 44.6 Å². The molecule has 2 heterocycles. The molecular weight excluding hydrogens is 252 g/mol. The van der Waals surface area contributed by atoms with Gasteiger partial charge in [0, 0.05) is 38.1 Å². The minimum atomic E-state index is 0.293. The Morgan fingerprint density at radius 1 is 1.35 bits per heavy atom. The molecule has 3 aliphatic rings. The van der Waals surface area contributed by atoms with E-state index in [-0.39, 0.29) is 0 Å². The van der Waals surface area contributed by atoms with Crippen LogP contribution in [0, 0.1) is 5.41 Å². The second-order valence-electron chi connectivity index (χ2n) is 7.19. The van der Waals surface area contributed by atoms with Crippen molar-refractivity contribution in [3.63, 3.8) is 0 Å². The van der Waals surface area contributed by atoms with Gasteiger partial charge in [0.25, 0.3) is 0 Å². The van der Waals surface area contributed by atoms with Crippen LogP contribution in [0.1, 0.15) is 45.4 Å². The van der Waals surface area contributed by atoms with E-state index in [0.29, 0.717) is 17.3 Å². The SMILES string of the molecule is CC1CN2CCCCC2CN1CC1(CC(N)=NO)CC1. The van der Waals surface area contributed by atoms with E-state index in [9.17, 15) is 0 Å². The first kappa shape index (κ1) is 14.1. The van der Waals surface area contributed by atoms with Crippen LogP contribution < -0.4 is 5.73 Å². The third kappa shape index (κ3) is 2.93. The molecule has 5 heteroatoms. The molecule has 0 spiro atoms. The fourth-order valence-electron chi connectivity index (χ4n) is 4.05. The maximum absolute atomic E-state index is 8.78. The first-order chi connectivity index (χ1) is 9.62. The Labute approximate surface area is 121 Å². The molecule has 2 atom stereocenters. The van der Waals surface area contributed by atoms with Crippen molar-refractivity contribution in [3.05, 3.63) is 0 Å². The Balaban J connectivity index is 1.59. The molecule has 3 rings (SSSR count). The van der Waals surface area contributed by atoms with Crippen molar-refractivity contribution in [2.24, 2.45) is 16.3 Å². The summed E-state index contributed by atoms with van der Waals surface area (Å²) in [5.74, 6) is 0.395. The molecule has 2 saturated heterocycles. The van der Waals surface area contributed by atoms with Gasteiger partial charge in [-0.2, -0.15) is 0 Å². The maximum Gasteiger partial charge on any atom is 0.139 e. The molecule has 1 aliphatic carbocycles. The summed E-state index contributed by atoms with van der Waals surface area (Å²) in [4.78, 5) is 5.35. The third-order valence-corrected chi connectivity index (χ3v) is 5.50. The fraction of sp³-hybridized carbons (Fsp3) is 0.933. The summed E-state index contributed by atoms with van der Waals surface area (Å²) in [5.41, 5.74) is 6.01. The summed E-state index contributed by atoms with van der Waals surface area (Å²) in [7, 11) is 0. The average Bonchev–Trinajstić information content (AvgIpc) is 3.19. The summed E-state index contributed by atoms with van der Waals surface area (Å²) in [5, 5.41) is 11.9. The quantitative estimate of drug-likeness (QED) is 0.354. The molecule has 2 unspecified atom stereocenters. The van der Waals surface area contributed by atoms with Crippen LogP contribution in [0.2, 0.25) is 0 Å². The topological polar surface area (TPSA) is 65.1 Å². The highest BCUT2D eigenvalue weighted by molar-refractivity contribution is 5.80. The van der Waals surface area contributed by atoms with E-state index < -0.39 is 0 Å². The number of oxime groups is 1. The molecule has 0 amide bonds. The second-order valence-corrected chi connectivity index (χ2v) is 7.19. The number of rotatable bonds is 4. The fourth-order valence-corrected chi connectivity index (χ4v) is 4.05. The van der Waals surface area contributed by atoms with E-state index in [1.54, 1.807) is 0 Å². The van der Waals surface area contributed by atoms with Gasteiger partial charge in [0.1, 0.15) is 5.84 Å². The molecule has 0 aromatic rings.